The maximum atomic E-state index is 13.6. The Morgan fingerprint density at radius 2 is 2.04 bits per heavy atom. The number of rotatable bonds is 4. The zero-order valence-electron chi connectivity index (χ0n) is 15.3. The van der Waals surface area contributed by atoms with Crippen molar-refractivity contribution in [3.63, 3.8) is 0 Å². The van der Waals surface area contributed by atoms with Gasteiger partial charge in [-0.25, -0.2) is 4.39 Å². The molecule has 0 aromatic heterocycles. The summed E-state index contributed by atoms with van der Waals surface area (Å²) >= 11 is 0. The predicted octanol–water partition coefficient (Wildman–Crippen LogP) is 1.15. The number of likely N-dealkylation sites (tertiary alicyclic amines) is 1. The van der Waals surface area contributed by atoms with E-state index in [-0.39, 0.29) is 29.6 Å². The summed E-state index contributed by atoms with van der Waals surface area (Å²) in [5.74, 6) is 0.202. The second kappa shape index (κ2) is 8.14. The number of hydrogen-bond acceptors (Lipinski definition) is 4. The molecule has 3 atom stereocenters. The minimum absolute atomic E-state index is 0.0298. The van der Waals surface area contributed by atoms with Gasteiger partial charge in [0.25, 0.3) is 0 Å². The van der Waals surface area contributed by atoms with E-state index in [1.807, 2.05) is 11.0 Å². The Bertz CT molecular complexity index is 661. The fourth-order valence-electron chi connectivity index (χ4n) is 4.14. The van der Waals surface area contributed by atoms with Crippen molar-refractivity contribution in [2.75, 3.05) is 19.6 Å². The van der Waals surface area contributed by atoms with E-state index in [9.17, 15) is 14.0 Å². The second-order valence-electron chi connectivity index (χ2n) is 7.30. The van der Waals surface area contributed by atoms with Gasteiger partial charge in [-0.3, -0.25) is 20.4 Å². The Hall–Kier alpha value is -1.99. The molecule has 0 saturated carbocycles. The standard InChI is InChI=1S/C19H27FN4O2/c1-12(22-13(2)25)19(26)24-8-6-14(7-9-24)18-17(11-21-23-18)15-4-3-5-16(20)10-15/h3-5,10,12,14,17-18,21,23H,6-9,11H2,1-2H3,(H,22,25)/t12-,17?,18?/m1/s1. The number of hydrogen-bond donors (Lipinski definition) is 3. The summed E-state index contributed by atoms with van der Waals surface area (Å²) in [6.45, 7) is 5.27. The van der Waals surface area contributed by atoms with E-state index in [0.29, 0.717) is 19.0 Å². The third kappa shape index (κ3) is 4.22. The number of amides is 2. The van der Waals surface area contributed by atoms with E-state index >= 15 is 0 Å². The highest BCUT2D eigenvalue weighted by Crippen LogP contribution is 2.32. The molecule has 7 heteroatoms. The number of hydrazine groups is 1. The Morgan fingerprint density at radius 1 is 1.31 bits per heavy atom. The van der Waals surface area contributed by atoms with Crippen LogP contribution in [0, 0.1) is 11.7 Å². The van der Waals surface area contributed by atoms with Crippen LogP contribution >= 0.6 is 0 Å². The van der Waals surface area contributed by atoms with E-state index in [1.165, 1.54) is 13.0 Å². The lowest BCUT2D eigenvalue weighted by Gasteiger charge is -2.37. The molecule has 2 aliphatic heterocycles. The van der Waals surface area contributed by atoms with Crippen molar-refractivity contribution in [1.82, 2.24) is 21.1 Å². The molecule has 2 saturated heterocycles. The lowest BCUT2D eigenvalue weighted by molar-refractivity contribution is -0.136. The van der Waals surface area contributed by atoms with E-state index in [1.54, 1.807) is 19.1 Å². The first kappa shape index (κ1) is 18.8. The first-order chi connectivity index (χ1) is 12.5. The van der Waals surface area contributed by atoms with Gasteiger partial charge in [0.05, 0.1) is 0 Å². The molecule has 0 bridgehead atoms. The third-order valence-electron chi connectivity index (χ3n) is 5.45. The SMILES string of the molecule is CC(=O)N[C@H](C)C(=O)N1CCC(C2NNCC2c2cccc(F)c2)CC1. The topological polar surface area (TPSA) is 73.5 Å². The molecule has 26 heavy (non-hydrogen) atoms. The van der Waals surface area contributed by atoms with Gasteiger partial charge >= 0.3 is 0 Å². The van der Waals surface area contributed by atoms with E-state index in [0.717, 1.165) is 24.9 Å². The number of carbonyl (C=O) groups is 2. The van der Waals surface area contributed by atoms with Crippen LogP contribution in [0.5, 0.6) is 0 Å². The largest absolute Gasteiger partial charge is 0.345 e. The van der Waals surface area contributed by atoms with Crippen LogP contribution < -0.4 is 16.2 Å². The summed E-state index contributed by atoms with van der Waals surface area (Å²) in [6, 6.07) is 6.54. The maximum Gasteiger partial charge on any atom is 0.244 e. The molecular formula is C19H27FN4O2. The van der Waals surface area contributed by atoms with Crippen molar-refractivity contribution in [2.24, 2.45) is 5.92 Å². The van der Waals surface area contributed by atoms with Crippen LogP contribution in [0.15, 0.2) is 24.3 Å². The van der Waals surface area contributed by atoms with E-state index < -0.39 is 6.04 Å². The molecule has 3 N–H and O–H groups in total. The number of nitrogens with one attached hydrogen (secondary N) is 3. The molecule has 2 aliphatic rings. The Kier molecular flexibility index (Phi) is 5.88. The van der Waals surface area contributed by atoms with Gasteiger partial charge in [-0.05, 0) is 43.4 Å². The molecule has 0 spiro atoms. The molecule has 3 rings (SSSR count). The summed E-state index contributed by atoms with van der Waals surface area (Å²) < 4.78 is 13.6. The Balaban J connectivity index is 1.59. The normalized spacial score (nSPS) is 25.1. The molecular weight excluding hydrogens is 335 g/mol. The van der Waals surface area contributed by atoms with Gasteiger partial charge in [-0.2, -0.15) is 0 Å². The smallest absolute Gasteiger partial charge is 0.244 e. The van der Waals surface area contributed by atoms with Crippen LogP contribution in [0.4, 0.5) is 4.39 Å². The average Bonchev–Trinajstić information content (AvgIpc) is 3.10. The number of benzene rings is 1. The maximum absolute atomic E-state index is 13.6. The third-order valence-corrected chi connectivity index (χ3v) is 5.45. The lowest BCUT2D eigenvalue weighted by atomic mass is 9.80. The molecule has 0 radical (unpaired) electrons. The number of piperidine rings is 1. The van der Waals surface area contributed by atoms with Crippen LogP contribution in [-0.2, 0) is 9.59 Å². The fourth-order valence-corrected chi connectivity index (χ4v) is 4.14. The van der Waals surface area contributed by atoms with Gasteiger partial charge in [-0.1, -0.05) is 12.1 Å². The molecule has 2 unspecified atom stereocenters. The van der Waals surface area contributed by atoms with Crippen LogP contribution in [0.3, 0.4) is 0 Å². The predicted molar refractivity (Wildman–Crippen MR) is 96.7 cm³/mol. The Labute approximate surface area is 153 Å². The van der Waals surface area contributed by atoms with Crippen molar-refractivity contribution < 1.29 is 14.0 Å². The van der Waals surface area contributed by atoms with Crippen molar-refractivity contribution in [3.8, 4) is 0 Å². The molecule has 6 nitrogen and oxygen atoms in total. The molecule has 0 aliphatic carbocycles. The van der Waals surface area contributed by atoms with E-state index in [2.05, 4.69) is 16.2 Å². The van der Waals surface area contributed by atoms with Crippen LogP contribution in [0.1, 0.15) is 38.2 Å². The monoisotopic (exact) mass is 362 g/mol. The number of nitrogens with zero attached hydrogens (tertiary/aromatic N) is 1. The van der Waals surface area contributed by atoms with Crippen LogP contribution in [0.25, 0.3) is 0 Å². The van der Waals surface area contributed by atoms with Gasteiger partial charge < -0.3 is 10.2 Å². The highest BCUT2D eigenvalue weighted by atomic mass is 19.1. The first-order valence-corrected chi connectivity index (χ1v) is 9.25. The van der Waals surface area contributed by atoms with Gasteiger partial charge in [0, 0.05) is 38.5 Å². The summed E-state index contributed by atoms with van der Waals surface area (Å²) in [6.07, 6.45) is 1.79. The van der Waals surface area contributed by atoms with Gasteiger partial charge in [-0.15, -0.1) is 0 Å². The zero-order valence-corrected chi connectivity index (χ0v) is 15.3. The van der Waals surface area contributed by atoms with Crippen molar-refractivity contribution in [1.29, 1.82) is 0 Å². The number of halogens is 1. The quantitative estimate of drug-likeness (QED) is 0.751. The van der Waals surface area contributed by atoms with Crippen LogP contribution in [-0.4, -0.2) is 48.4 Å². The summed E-state index contributed by atoms with van der Waals surface area (Å²) in [7, 11) is 0. The minimum Gasteiger partial charge on any atom is -0.345 e. The Morgan fingerprint density at radius 3 is 2.69 bits per heavy atom. The molecule has 1 aromatic rings. The van der Waals surface area contributed by atoms with Gasteiger partial charge in [0.15, 0.2) is 0 Å². The highest BCUT2D eigenvalue weighted by molar-refractivity contribution is 5.86. The summed E-state index contributed by atoms with van der Waals surface area (Å²) in [4.78, 5) is 25.4. The first-order valence-electron chi connectivity index (χ1n) is 9.25. The highest BCUT2D eigenvalue weighted by Gasteiger charge is 2.37. The molecule has 2 heterocycles. The van der Waals surface area contributed by atoms with Gasteiger partial charge in [0.1, 0.15) is 11.9 Å². The lowest BCUT2D eigenvalue weighted by Crippen LogP contribution is -2.51. The summed E-state index contributed by atoms with van der Waals surface area (Å²) in [5, 5.41) is 2.65. The second-order valence-corrected chi connectivity index (χ2v) is 7.30. The molecule has 142 valence electrons. The molecule has 2 fully saturated rings. The zero-order chi connectivity index (χ0) is 18.7. The van der Waals surface area contributed by atoms with Crippen molar-refractivity contribution in [2.45, 2.75) is 44.7 Å². The minimum atomic E-state index is -0.490. The number of carbonyl (C=O) groups excluding carboxylic acids is 2. The van der Waals surface area contributed by atoms with E-state index in [4.69, 9.17) is 0 Å². The van der Waals surface area contributed by atoms with Gasteiger partial charge in [0.2, 0.25) is 11.8 Å². The summed E-state index contributed by atoms with van der Waals surface area (Å²) in [5.41, 5.74) is 7.57. The fraction of sp³-hybridized carbons (Fsp3) is 0.579. The molecule has 2 amide bonds. The van der Waals surface area contributed by atoms with Crippen LogP contribution in [0.2, 0.25) is 0 Å². The van der Waals surface area contributed by atoms with Crippen molar-refractivity contribution >= 4 is 11.8 Å². The van der Waals surface area contributed by atoms with Crippen molar-refractivity contribution in [3.05, 3.63) is 35.6 Å². The average molecular weight is 362 g/mol. The molecule has 1 aromatic carbocycles.